The Hall–Kier alpha value is -4.00. The predicted molar refractivity (Wildman–Crippen MR) is 99.9 cm³/mol. The van der Waals surface area contributed by atoms with E-state index in [1.54, 1.807) is 36.7 Å². The van der Waals surface area contributed by atoms with Gasteiger partial charge in [0.05, 0.1) is 11.1 Å². The van der Waals surface area contributed by atoms with Crippen LogP contribution >= 0.6 is 0 Å². The third-order valence-corrected chi connectivity index (χ3v) is 4.80. The van der Waals surface area contributed by atoms with E-state index in [0.717, 1.165) is 10.8 Å². The van der Waals surface area contributed by atoms with Crippen LogP contribution < -0.4 is 5.32 Å². The first-order valence-corrected chi connectivity index (χ1v) is 8.24. The van der Waals surface area contributed by atoms with Gasteiger partial charge in [-0.25, -0.2) is 0 Å². The number of carbonyl (C=O) groups excluding carboxylic acids is 2. The number of H-pyrrole nitrogens is 2. The first kappa shape index (κ1) is 15.3. The Labute approximate surface area is 151 Å². The van der Waals surface area contributed by atoms with Crippen LogP contribution in [0.5, 0.6) is 11.5 Å². The molecule has 7 heteroatoms. The first-order chi connectivity index (χ1) is 13.0. The quantitative estimate of drug-likeness (QED) is 0.354. The maximum atomic E-state index is 12.6. The fraction of sp³-hybridized carbons (Fsp3) is 0. The van der Waals surface area contributed by atoms with Crippen LogP contribution in [0.2, 0.25) is 0 Å². The van der Waals surface area contributed by atoms with Crippen LogP contribution in [0, 0.1) is 0 Å². The predicted octanol–water partition coefficient (Wildman–Crippen LogP) is 2.63. The Bertz CT molecular complexity index is 1210. The minimum atomic E-state index is -0.475. The van der Waals surface area contributed by atoms with Gasteiger partial charge in [-0.05, 0) is 24.3 Å². The average Bonchev–Trinajstić information content (AvgIpc) is 3.29. The number of imide groups is 1. The molecule has 3 heterocycles. The van der Waals surface area contributed by atoms with Crippen molar-refractivity contribution in [3.63, 3.8) is 0 Å². The van der Waals surface area contributed by atoms with E-state index in [1.165, 1.54) is 12.1 Å². The summed E-state index contributed by atoms with van der Waals surface area (Å²) in [5.74, 6) is -0.740. The van der Waals surface area contributed by atoms with Crippen LogP contribution in [0.3, 0.4) is 0 Å². The molecule has 132 valence electrons. The van der Waals surface area contributed by atoms with Crippen molar-refractivity contribution >= 4 is 44.8 Å². The SMILES string of the molecule is O=C1NC(=O)C(c2c[nH]c3cc(O)ccc23)=C1c1c[nH]c2cc(O)ccc12. The molecule has 0 atom stereocenters. The smallest absolute Gasteiger partial charge is 0.259 e. The van der Waals surface area contributed by atoms with Crippen LogP contribution in [0.15, 0.2) is 48.8 Å². The molecule has 0 spiro atoms. The zero-order chi connectivity index (χ0) is 18.7. The highest BCUT2D eigenvalue weighted by Gasteiger charge is 2.34. The van der Waals surface area contributed by atoms with Gasteiger partial charge < -0.3 is 20.2 Å². The van der Waals surface area contributed by atoms with E-state index in [0.29, 0.717) is 22.2 Å². The van der Waals surface area contributed by atoms with Gasteiger partial charge in [-0.3, -0.25) is 14.9 Å². The molecule has 27 heavy (non-hydrogen) atoms. The van der Waals surface area contributed by atoms with E-state index < -0.39 is 11.8 Å². The molecule has 5 N–H and O–H groups in total. The first-order valence-electron chi connectivity index (χ1n) is 8.24. The van der Waals surface area contributed by atoms with Gasteiger partial charge in [-0.2, -0.15) is 0 Å². The summed E-state index contributed by atoms with van der Waals surface area (Å²) in [5, 5.41) is 23.1. The number of rotatable bonds is 2. The summed E-state index contributed by atoms with van der Waals surface area (Å²) in [6.45, 7) is 0. The maximum absolute atomic E-state index is 12.6. The fourth-order valence-corrected chi connectivity index (χ4v) is 3.61. The minimum absolute atomic E-state index is 0.105. The molecule has 4 aromatic rings. The van der Waals surface area contributed by atoms with Crippen molar-refractivity contribution < 1.29 is 19.8 Å². The van der Waals surface area contributed by atoms with E-state index in [-0.39, 0.29) is 22.6 Å². The fourth-order valence-electron chi connectivity index (χ4n) is 3.61. The Morgan fingerprint density at radius 3 is 1.56 bits per heavy atom. The van der Waals surface area contributed by atoms with E-state index in [2.05, 4.69) is 15.3 Å². The van der Waals surface area contributed by atoms with Gasteiger partial charge in [-0.15, -0.1) is 0 Å². The van der Waals surface area contributed by atoms with Crippen molar-refractivity contribution in [2.45, 2.75) is 0 Å². The standard InChI is InChI=1S/C20H13N3O4/c24-9-1-3-11-13(7-21-15(11)5-9)17-18(20(27)23-19(17)26)14-8-22-16-6-10(25)2-4-12(14)16/h1-8,21-22,24-25H,(H,23,26,27). The van der Waals surface area contributed by atoms with Crippen molar-refractivity contribution in [3.8, 4) is 11.5 Å². The summed E-state index contributed by atoms with van der Waals surface area (Å²) in [6.07, 6.45) is 3.30. The minimum Gasteiger partial charge on any atom is -0.508 e. The van der Waals surface area contributed by atoms with Crippen LogP contribution in [-0.2, 0) is 9.59 Å². The molecule has 0 bridgehead atoms. The number of hydrogen-bond donors (Lipinski definition) is 5. The highest BCUT2D eigenvalue weighted by atomic mass is 16.3. The molecule has 0 radical (unpaired) electrons. The van der Waals surface area contributed by atoms with Crippen molar-refractivity contribution in [3.05, 3.63) is 59.9 Å². The van der Waals surface area contributed by atoms with Gasteiger partial charge in [0.15, 0.2) is 0 Å². The number of aromatic amines is 2. The molecule has 1 aliphatic rings. The number of aromatic nitrogens is 2. The van der Waals surface area contributed by atoms with E-state index in [4.69, 9.17) is 0 Å². The van der Waals surface area contributed by atoms with E-state index in [9.17, 15) is 19.8 Å². The maximum Gasteiger partial charge on any atom is 0.259 e. The van der Waals surface area contributed by atoms with Crippen molar-refractivity contribution in [2.24, 2.45) is 0 Å². The molecule has 0 fully saturated rings. The molecule has 2 aromatic heterocycles. The summed E-state index contributed by atoms with van der Waals surface area (Å²) < 4.78 is 0. The van der Waals surface area contributed by atoms with Gasteiger partial charge in [0.25, 0.3) is 11.8 Å². The highest BCUT2D eigenvalue weighted by molar-refractivity contribution is 6.50. The van der Waals surface area contributed by atoms with Crippen LogP contribution in [0.4, 0.5) is 0 Å². The van der Waals surface area contributed by atoms with Crippen molar-refractivity contribution in [1.82, 2.24) is 15.3 Å². The van der Waals surface area contributed by atoms with Gasteiger partial charge in [-0.1, -0.05) is 0 Å². The molecule has 2 amide bonds. The Morgan fingerprint density at radius 1 is 0.667 bits per heavy atom. The normalized spacial score (nSPS) is 14.5. The van der Waals surface area contributed by atoms with Crippen molar-refractivity contribution in [2.75, 3.05) is 0 Å². The summed E-state index contributed by atoms with van der Waals surface area (Å²) in [6, 6.07) is 9.57. The molecule has 0 unspecified atom stereocenters. The van der Waals surface area contributed by atoms with Gasteiger partial charge >= 0.3 is 0 Å². The highest BCUT2D eigenvalue weighted by Crippen LogP contribution is 2.38. The number of carbonyl (C=O) groups is 2. The lowest BCUT2D eigenvalue weighted by Gasteiger charge is -2.03. The number of aromatic hydroxyl groups is 2. The lowest BCUT2D eigenvalue weighted by Crippen LogP contribution is -2.22. The second-order valence-corrected chi connectivity index (χ2v) is 6.40. The number of amides is 2. The summed E-state index contributed by atoms with van der Waals surface area (Å²) >= 11 is 0. The third kappa shape index (κ3) is 2.15. The van der Waals surface area contributed by atoms with Gasteiger partial charge in [0, 0.05) is 57.5 Å². The van der Waals surface area contributed by atoms with E-state index in [1.807, 2.05) is 0 Å². The van der Waals surface area contributed by atoms with Crippen LogP contribution in [0.1, 0.15) is 11.1 Å². The zero-order valence-electron chi connectivity index (χ0n) is 13.8. The summed E-state index contributed by atoms with van der Waals surface area (Å²) in [5.41, 5.74) is 3.02. The summed E-state index contributed by atoms with van der Waals surface area (Å²) in [4.78, 5) is 31.2. The number of nitrogens with one attached hydrogen (secondary N) is 3. The second kappa shape index (κ2) is 5.25. The zero-order valence-corrected chi connectivity index (χ0v) is 13.8. The average molecular weight is 359 g/mol. The van der Waals surface area contributed by atoms with Gasteiger partial charge in [0.2, 0.25) is 0 Å². The van der Waals surface area contributed by atoms with E-state index >= 15 is 0 Å². The third-order valence-electron chi connectivity index (χ3n) is 4.80. The Balaban J connectivity index is 1.82. The molecule has 2 aromatic carbocycles. The monoisotopic (exact) mass is 359 g/mol. The number of phenols is 2. The molecule has 7 nitrogen and oxygen atoms in total. The summed E-state index contributed by atoms with van der Waals surface area (Å²) in [7, 11) is 0. The molecule has 0 saturated heterocycles. The largest absolute Gasteiger partial charge is 0.508 e. The molecular weight excluding hydrogens is 346 g/mol. The molecule has 5 rings (SSSR count). The van der Waals surface area contributed by atoms with Crippen LogP contribution in [-0.4, -0.2) is 32.0 Å². The second-order valence-electron chi connectivity index (χ2n) is 6.40. The lowest BCUT2D eigenvalue weighted by atomic mass is 9.95. The van der Waals surface area contributed by atoms with Crippen molar-refractivity contribution in [1.29, 1.82) is 0 Å². The Morgan fingerprint density at radius 2 is 1.11 bits per heavy atom. The molecule has 0 saturated carbocycles. The molecular formula is C20H13N3O4. The molecule has 1 aliphatic heterocycles. The molecule has 0 aliphatic carbocycles. The Kier molecular flexibility index (Phi) is 2.97. The lowest BCUT2D eigenvalue weighted by molar-refractivity contribution is -0.122. The number of fused-ring (bicyclic) bond motifs is 2. The number of phenolic OH excluding ortho intramolecular Hbond substituents is 2. The van der Waals surface area contributed by atoms with Gasteiger partial charge in [0.1, 0.15) is 11.5 Å². The number of benzene rings is 2. The van der Waals surface area contributed by atoms with Crippen LogP contribution in [0.25, 0.3) is 33.0 Å². The number of hydrogen-bond acceptors (Lipinski definition) is 4. The topological polar surface area (TPSA) is 118 Å².